The van der Waals surface area contributed by atoms with Gasteiger partial charge in [-0.3, -0.25) is 10.1 Å². The van der Waals surface area contributed by atoms with Crippen LogP contribution in [0.15, 0.2) is 28.9 Å². The number of nitrogens with one attached hydrogen (secondary N) is 2. The summed E-state index contributed by atoms with van der Waals surface area (Å²) in [6, 6.07) is 4.68. The number of urea groups is 1. The molecule has 0 aliphatic carbocycles. The second kappa shape index (κ2) is 7.69. The predicted octanol–water partition coefficient (Wildman–Crippen LogP) is 1.75. The standard InChI is InChI=1S/C17H21N3O5/c1-10-8-14(11(2)20(10)9-13-6-5-7-24-13)16(22)25-12(3)15(21)19-17(23)18-4/h5-8,12H,9H2,1-4H3,(H2,18,19,21,23)/t12-/m1/s1. The molecule has 0 saturated carbocycles. The number of aromatic nitrogens is 1. The molecule has 0 aliphatic rings. The fourth-order valence-electron chi connectivity index (χ4n) is 2.36. The summed E-state index contributed by atoms with van der Waals surface area (Å²) in [5.74, 6) is -0.560. The van der Waals surface area contributed by atoms with Crippen molar-refractivity contribution in [3.05, 3.63) is 47.2 Å². The monoisotopic (exact) mass is 347 g/mol. The summed E-state index contributed by atoms with van der Waals surface area (Å²) < 4.78 is 12.4. The average Bonchev–Trinajstić information content (AvgIpc) is 3.18. The number of hydrogen-bond donors (Lipinski definition) is 2. The van der Waals surface area contributed by atoms with E-state index >= 15 is 0 Å². The van der Waals surface area contributed by atoms with E-state index in [0.717, 1.165) is 11.5 Å². The van der Waals surface area contributed by atoms with E-state index in [0.29, 0.717) is 17.8 Å². The fraction of sp³-hybridized carbons (Fsp3) is 0.353. The highest BCUT2D eigenvalue weighted by molar-refractivity contribution is 5.98. The Morgan fingerprint density at radius 2 is 2.04 bits per heavy atom. The first kappa shape index (κ1) is 18.3. The maximum Gasteiger partial charge on any atom is 0.340 e. The van der Waals surface area contributed by atoms with Crippen LogP contribution in [-0.2, 0) is 16.1 Å². The van der Waals surface area contributed by atoms with E-state index in [9.17, 15) is 14.4 Å². The minimum absolute atomic E-state index is 0.364. The van der Waals surface area contributed by atoms with Gasteiger partial charge in [0.15, 0.2) is 6.10 Å². The molecule has 134 valence electrons. The molecule has 8 heteroatoms. The maximum absolute atomic E-state index is 12.4. The van der Waals surface area contributed by atoms with Crippen LogP contribution in [0.4, 0.5) is 4.79 Å². The van der Waals surface area contributed by atoms with Crippen LogP contribution in [0.1, 0.15) is 34.4 Å². The molecule has 0 bridgehead atoms. The van der Waals surface area contributed by atoms with Crippen molar-refractivity contribution in [2.45, 2.75) is 33.4 Å². The summed E-state index contributed by atoms with van der Waals surface area (Å²) in [5.41, 5.74) is 1.93. The van der Waals surface area contributed by atoms with Gasteiger partial charge in [0.1, 0.15) is 5.76 Å². The zero-order valence-corrected chi connectivity index (χ0v) is 14.6. The van der Waals surface area contributed by atoms with Crippen LogP contribution in [0.25, 0.3) is 0 Å². The molecule has 2 heterocycles. The van der Waals surface area contributed by atoms with Gasteiger partial charge in [-0.15, -0.1) is 0 Å². The smallest absolute Gasteiger partial charge is 0.340 e. The van der Waals surface area contributed by atoms with Gasteiger partial charge in [-0.2, -0.15) is 0 Å². The largest absolute Gasteiger partial charge is 0.467 e. The molecule has 0 spiro atoms. The molecular formula is C17H21N3O5. The maximum atomic E-state index is 12.4. The highest BCUT2D eigenvalue weighted by Gasteiger charge is 2.23. The van der Waals surface area contributed by atoms with Crippen molar-refractivity contribution in [2.24, 2.45) is 0 Å². The molecule has 0 fully saturated rings. The minimum Gasteiger partial charge on any atom is -0.467 e. The normalized spacial score (nSPS) is 11.7. The van der Waals surface area contributed by atoms with E-state index in [1.807, 2.05) is 17.6 Å². The van der Waals surface area contributed by atoms with Gasteiger partial charge in [-0.05, 0) is 39.0 Å². The summed E-state index contributed by atoms with van der Waals surface area (Å²) in [4.78, 5) is 35.3. The minimum atomic E-state index is -1.10. The average molecular weight is 347 g/mol. The Labute approximate surface area is 145 Å². The molecule has 0 unspecified atom stereocenters. The molecule has 2 aromatic heterocycles. The van der Waals surface area contributed by atoms with Crippen molar-refractivity contribution >= 4 is 17.9 Å². The van der Waals surface area contributed by atoms with Gasteiger partial charge in [0.05, 0.1) is 18.4 Å². The lowest BCUT2D eigenvalue weighted by Gasteiger charge is -2.13. The van der Waals surface area contributed by atoms with Crippen LogP contribution in [-0.4, -0.2) is 35.6 Å². The van der Waals surface area contributed by atoms with E-state index in [2.05, 4.69) is 10.6 Å². The third-order valence-corrected chi connectivity index (χ3v) is 3.80. The fourth-order valence-corrected chi connectivity index (χ4v) is 2.36. The third kappa shape index (κ3) is 4.28. The SMILES string of the molecule is CNC(=O)NC(=O)[C@@H](C)OC(=O)c1cc(C)n(Cc2ccco2)c1C. The molecule has 2 rings (SSSR count). The van der Waals surface area contributed by atoms with E-state index in [4.69, 9.17) is 9.15 Å². The molecule has 25 heavy (non-hydrogen) atoms. The number of aryl methyl sites for hydroxylation is 1. The van der Waals surface area contributed by atoms with Gasteiger partial charge >= 0.3 is 12.0 Å². The van der Waals surface area contributed by atoms with Gasteiger partial charge in [0.2, 0.25) is 0 Å². The van der Waals surface area contributed by atoms with E-state index in [-0.39, 0.29) is 0 Å². The second-order valence-electron chi connectivity index (χ2n) is 5.57. The van der Waals surface area contributed by atoms with Gasteiger partial charge in [-0.25, -0.2) is 9.59 Å². The van der Waals surface area contributed by atoms with Crippen molar-refractivity contribution < 1.29 is 23.5 Å². The molecule has 2 N–H and O–H groups in total. The molecule has 8 nitrogen and oxygen atoms in total. The number of esters is 1. The van der Waals surface area contributed by atoms with Gasteiger partial charge in [0, 0.05) is 18.4 Å². The number of furan rings is 1. The Hall–Kier alpha value is -3.03. The molecule has 0 radical (unpaired) electrons. The molecule has 0 saturated heterocycles. The van der Waals surface area contributed by atoms with Gasteiger partial charge in [0.25, 0.3) is 5.91 Å². The molecule has 1 atom stereocenters. The summed E-state index contributed by atoms with van der Waals surface area (Å²) in [7, 11) is 1.38. The van der Waals surface area contributed by atoms with Crippen LogP contribution in [0.3, 0.4) is 0 Å². The lowest BCUT2D eigenvalue weighted by Crippen LogP contribution is -2.43. The van der Waals surface area contributed by atoms with Crippen LogP contribution in [0.5, 0.6) is 0 Å². The summed E-state index contributed by atoms with van der Waals surface area (Å²) >= 11 is 0. The highest BCUT2D eigenvalue weighted by Crippen LogP contribution is 2.19. The molecule has 3 amide bonds. The first-order chi connectivity index (χ1) is 11.8. The number of ether oxygens (including phenoxy) is 1. The Balaban J connectivity index is 2.09. The quantitative estimate of drug-likeness (QED) is 0.802. The first-order valence-electron chi connectivity index (χ1n) is 7.76. The summed E-state index contributed by atoms with van der Waals surface area (Å²) in [6.07, 6.45) is 0.490. The van der Waals surface area contributed by atoms with Crippen molar-refractivity contribution in [1.82, 2.24) is 15.2 Å². The second-order valence-corrected chi connectivity index (χ2v) is 5.57. The Kier molecular flexibility index (Phi) is 5.63. The number of nitrogens with zero attached hydrogens (tertiary/aromatic N) is 1. The van der Waals surface area contributed by atoms with Gasteiger partial charge < -0.3 is 19.0 Å². The van der Waals surface area contributed by atoms with Crippen molar-refractivity contribution in [3.8, 4) is 0 Å². The van der Waals surface area contributed by atoms with Crippen LogP contribution >= 0.6 is 0 Å². The van der Waals surface area contributed by atoms with E-state index < -0.39 is 24.0 Å². The lowest BCUT2D eigenvalue weighted by molar-refractivity contribution is -0.127. The summed E-state index contributed by atoms with van der Waals surface area (Å²) in [5, 5.41) is 4.32. The Bertz CT molecular complexity index is 777. The number of carbonyl (C=O) groups is 3. The predicted molar refractivity (Wildman–Crippen MR) is 89.2 cm³/mol. The topological polar surface area (TPSA) is 103 Å². The van der Waals surface area contributed by atoms with E-state index in [1.54, 1.807) is 25.3 Å². The lowest BCUT2D eigenvalue weighted by atomic mass is 10.2. The first-order valence-corrected chi connectivity index (χ1v) is 7.76. The number of amides is 3. The molecular weight excluding hydrogens is 326 g/mol. The Morgan fingerprint density at radius 1 is 1.32 bits per heavy atom. The van der Waals surface area contributed by atoms with Crippen LogP contribution in [0.2, 0.25) is 0 Å². The zero-order chi connectivity index (χ0) is 18.6. The van der Waals surface area contributed by atoms with Crippen molar-refractivity contribution in [2.75, 3.05) is 7.05 Å². The van der Waals surface area contributed by atoms with Crippen LogP contribution in [0, 0.1) is 13.8 Å². The molecule has 0 aromatic carbocycles. The molecule has 0 aliphatic heterocycles. The zero-order valence-electron chi connectivity index (χ0n) is 14.6. The van der Waals surface area contributed by atoms with Crippen molar-refractivity contribution in [1.29, 1.82) is 0 Å². The summed E-state index contributed by atoms with van der Waals surface area (Å²) in [6.45, 7) is 5.55. The van der Waals surface area contributed by atoms with Crippen LogP contribution < -0.4 is 10.6 Å². The van der Waals surface area contributed by atoms with Crippen molar-refractivity contribution in [3.63, 3.8) is 0 Å². The molecule has 2 aromatic rings. The number of carbonyl (C=O) groups excluding carboxylic acids is 3. The third-order valence-electron chi connectivity index (χ3n) is 3.80. The number of imide groups is 1. The van der Waals surface area contributed by atoms with Gasteiger partial charge in [-0.1, -0.05) is 0 Å². The van der Waals surface area contributed by atoms with E-state index in [1.165, 1.54) is 14.0 Å². The Morgan fingerprint density at radius 3 is 2.64 bits per heavy atom. The number of rotatable bonds is 5. The number of hydrogen-bond acceptors (Lipinski definition) is 5. The highest BCUT2D eigenvalue weighted by atomic mass is 16.5.